The van der Waals surface area contributed by atoms with Crippen molar-refractivity contribution in [2.24, 2.45) is 5.73 Å². The van der Waals surface area contributed by atoms with Crippen molar-refractivity contribution in [3.05, 3.63) is 52.6 Å². The highest BCUT2D eigenvalue weighted by Crippen LogP contribution is 2.53. The number of ether oxygens (including phenoxy) is 2. The number of nitrogens with zero attached hydrogens (tertiary/aromatic N) is 2. The van der Waals surface area contributed by atoms with Crippen molar-refractivity contribution in [2.75, 3.05) is 11.9 Å². The maximum atomic E-state index is 13.5. The molecule has 2 N–H and O–H groups in total. The number of benzene rings is 1. The first-order chi connectivity index (χ1) is 12.6. The Hall–Kier alpha value is -3.27. The molecule has 140 valence electrons. The number of carbonyl (C=O) groups excluding carboxylic acids is 2. The molecule has 1 aromatic carbocycles. The van der Waals surface area contributed by atoms with Crippen LogP contribution in [0.5, 0.6) is 0 Å². The Labute approximate surface area is 157 Å². The summed E-state index contributed by atoms with van der Waals surface area (Å²) < 4.78 is 11.0. The van der Waals surface area contributed by atoms with E-state index in [1.807, 2.05) is 6.07 Å². The van der Waals surface area contributed by atoms with Gasteiger partial charge in [-0.1, -0.05) is 18.2 Å². The monoisotopic (exact) mass is 367 g/mol. The van der Waals surface area contributed by atoms with E-state index in [4.69, 9.17) is 15.2 Å². The number of fused-ring (bicyclic) bond motifs is 2. The van der Waals surface area contributed by atoms with Crippen LogP contribution in [0.15, 0.2) is 47.1 Å². The van der Waals surface area contributed by atoms with Gasteiger partial charge in [0, 0.05) is 18.3 Å². The maximum absolute atomic E-state index is 13.5. The number of hydrogen-bond acceptors (Lipinski definition) is 6. The molecular weight excluding hydrogens is 346 g/mol. The molecule has 0 bridgehead atoms. The first kappa shape index (κ1) is 18.5. The molecule has 7 heteroatoms. The fourth-order valence-corrected chi connectivity index (χ4v) is 3.65. The van der Waals surface area contributed by atoms with E-state index in [9.17, 15) is 14.9 Å². The van der Waals surface area contributed by atoms with Crippen LogP contribution < -0.4 is 10.6 Å². The van der Waals surface area contributed by atoms with Crippen LogP contribution in [0.3, 0.4) is 0 Å². The molecule has 0 saturated carbocycles. The number of allylic oxidation sites excluding steroid dienone is 1. The first-order valence-electron chi connectivity index (χ1n) is 8.46. The smallest absolute Gasteiger partial charge is 0.339 e. The zero-order chi connectivity index (χ0) is 20.1. The Morgan fingerprint density at radius 1 is 1.33 bits per heavy atom. The number of amides is 1. The van der Waals surface area contributed by atoms with E-state index in [1.54, 1.807) is 52.1 Å². The van der Waals surface area contributed by atoms with Gasteiger partial charge in [-0.05, 0) is 33.8 Å². The summed E-state index contributed by atoms with van der Waals surface area (Å²) in [6.45, 7) is 6.71. The van der Waals surface area contributed by atoms with Gasteiger partial charge in [-0.25, -0.2) is 4.79 Å². The average Bonchev–Trinajstić information content (AvgIpc) is 2.77. The van der Waals surface area contributed by atoms with Gasteiger partial charge in [0.2, 0.25) is 11.8 Å². The molecule has 7 nitrogen and oxygen atoms in total. The Morgan fingerprint density at radius 3 is 2.56 bits per heavy atom. The lowest BCUT2D eigenvalue weighted by molar-refractivity contribution is -0.151. The molecule has 1 unspecified atom stereocenters. The van der Waals surface area contributed by atoms with Crippen molar-refractivity contribution >= 4 is 17.6 Å². The van der Waals surface area contributed by atoms with E-state index >= 15 is 0 Å². The standard InChI is InChI=1S/C20H21N3O4/c1-11-15(17(24)27-19(2,3)4)20(13(10-21)16(22)26-11)12-8-6-7-9-14(12)23(5)18(20)25/h6-9H,22H2,1-5H3. The van der Waals surface area contributed by atoms with E-state index in [2.05, 4.69) is 0 Å². The minimum absolute atomic E-state index is 0.0232. The van der Waals surface area contributed by atoms with Crippen LogP contribution in [0.4, 0.5) is 5.69 Å². The van der Waals surface area contributed by atoms with Gasteiger partial charge >= 0.3 is 5.97 Å². The molecule has 0 saturated heterocycles. The summed E-state index contributed by atoms with van der Waals surface area (Å²) in [4.78, 5) is 28.0. The maximum Gasteiger partial charge on any atom is 0.339 e. The normalized spacial score (nSPS) is 21.9. The Morgan fingerprint density at radius 2 is 1.96 bits per heavy atom. The predicted molar refractivity (Wildman–Crippen MR) is 98.0 cm³/mol. The zero-order valence-electron chi connectivity index (χ0n) is 15.9. The Kier molecular flexibility index (Phi) is 4.03. The van der Waals surface area contributed by atoms with E-state index in [1.165, 1.54) is 11.8 Å². The van der Waals surface area contributed by atoms with Crippen molar-refractivity contribution in [3.63, 3.8) is 0 Å². The van der Waals surface area contributed by atoms with Gasteiger partial charge in [-0.2, -0.15) is 5.26 Å². The third-order valence-corrected chi connectivity index (χ3v) is 4.62. The third-order valence-electron chi connectivity index (χ3n) is 4.62. The van der Waals surface area contributed by atoms with Gasteiger partial charge in [0.25, 0.3) is 0 Å². The van der Waals surface area contributed by atoms with Gasteiger partial charge in [-0.3, -0.25) is 4.79 Å². The molecule has 0 aliphatic carbocycles. The molecule has 1 amide bonds. The van der Waals surface area contributed by atoms with E-state index < -0.39 is 22.9 Å². The molecule has 1 atom stereocenters. The summed E-state index contributed by atoms with van der Waals surface area (Å²) >= 11 is 0. The number of esters is 1. The molecule has 2 aliphatic heterocycles. The minimum Gasteiger partial charge on any atom is -0.456 e. The van der Waals surface area contributed by atoms with Crippen LogP contribution in [0.1, 0.15) is 33.3 Å². The van der Waals surface area contributed by atoms with Gasteiger partial charge in [-0.15, -0.1) is 0 Å². The fourth-order valence-electron chi connectivity index (χ4n) is 3.65. The van der Waals surface area contributed by atoms with E-state index in [0.717, 1.165) is 0 Å². The van der Waals surface area contributed by atoms with E-state index in [-0.39, 0.29) is 22.8 Å². The lowest BCUT2D eigenvalue weighted by atomic mass is 9.68. The number of hydrogen-bond donors (Lipinski definition) is 1. The number of nitrogens with two attached hydrogens (primary N) is 1. The van der Waals surface area contributed by atoms with Crippen molar-refractivity contribution in [3.8, 4) is 6.07 Å². The Balaban J connectivity index is 2.38. The third kappa shape index (κ3) is 2.48. The summed E-state index contributed by atoms with van der Waals surface area (Å²) in [6.07, 6.45) is 0. The van der Waals surface area contributed by atoms with Crippen molar-refractivity contribution in [2.45, 2.75) is 38.7 Å². The number of carbonyl (C=O) groups is 2. The number of anilines is 1. The van der Waals surface area contributed by atoms with Crippen molar-refractivity contribution in [1.29, 1.82) is 5.26 Å². The fraction of sp³-hybridized carbons (Fsp3) is 0.350. The molecule has 2 aliphatic rings. The molecule has 2 heterocycles. The number of rotatable bonds is 1. The van der Waals surface area contributed by atoms with Gasteiger partial charge in [0.05, 0.1) is 0 Å². The number of nitriles is 1. The van der Waals surface area contributed by atoms with Crippen molar-refractivity contribution in [1.82, 2.24) is 0 Å². The molecule has 0 fully saturated rings. The Bertz CT molecular complexity index is 962. The molecule has 1 aromatic rings. The van der Waals surface area contributed by atoms with Gasteiger partial charge in [0.15, 0.2) is 5.41 Å². The average molecular weight is 367 g/mol. The van der Waals surface area contributed by atoms with E-state index in [0.29, 0.717) is 11.3 Å². The summed E-state index contributed by atoms with van der Waals surface area (Å²) in [7, 11) is 1.60. The molecule has 27 heavy (non-hydrogen) atoms. The van der Waals surface area contributed by atoms with Crippen LogP contribution in [0.2, 0.25) is 0 Å². The lowest BCUT2D eigenvalue weighted by Gasteiger charge is -2.35. The molecular formula is C20H21N3O4. The summed E-state index contributed by atoms with van der Waals surface area (Å²) in [5, 5.41) is 9.82. The summed E-state index contributed by atoms with van der Waals surface area (Å²) in [5.41, 5.74) is 4.45. The highest BCUT2D eigenvalue weighted by Gasteiger charge is 2.61. The molecule has 3 rings (SSSR count). The molecule has 1 spiro atoms. The quantitative estimate of drug-likeness (QED) is 0.763. The topological polar surface area (TPSA) is 106 Å². The summed E-state index contributed by atoms with van der Waals surface area (Å²) in [5.74, 6) is -1.23. The van der Waals surface area contributed by atoms with Gasteiger partial charge < -0.3 is 20.1 Å². The second kappa shape index (κ2) is 5.88. The van der Waals surface area contributed by atoms with Crippen molar-refractivity contribution < 1.29 is 19.1 Å². The number of likely N-dealkylation sites (N-methyl/N-ethyl adjacent to an activating group) is 1. The van der Waals surface area contributed by atoms with Gasteiger partial charge in [0.1, 0.15) is 28.6 Å². The predicted octanol–water partition coefficient (Wildman–Crippen LogP) is 2.24. The first-order valence-corrected chi connectivity index (χ1v) is 8.46. The molecule has 0 aromatic heterocycles. The largest absolute Gasteiger partial charge is 0.456 e. The highest BCUT2D eigenvalue weighted by atomic mass is 16.6. The second-order valence-electron chi connectivity index (χ2n) is 7.52. The summed E-state index contributed by atoms with van der Waals surface area (Å²) in [6, 6.07) is 8.98. The second-order valence-corrected chi connectivity index (χ2v) is 7.52. The van der Waals surface area contributed by atoms with Crippen LogP contribution in [-0.2, 0) is 24.5 Å². The van der Waals surface area contributed by atoms with Crippen LogP contribution in [0, 0.1) is 11.3 Å². The van der Waals surface area contributed by atoms with Crippen LogP contribution in [0.25, 0.3) is 0 Å². The minimum atomic E-state index is -1.69. The SMILES string of the molecule is CC1=C(C(=O)OC(C)(C)C)C2(C(=O)N(C)c3ccccc32)C(C#N)=C(N)O1. The lowest BCUT2D eigenvalue weighted by Crippen LogP contribution is -2.48. The van der Waals surface area contributed by atoms with Crippen LogP contribution >= 0.6 is 0 Å². The number of para-hydroxylation sites is 1. The zero-order valence-corrected chi connectivity index (χ0v) is 15.9. The van der Waals surface area contributed by atoms with Crippen LogP contribution in [-0.4, -0.2) is 24.5 Å². The highest BCUT2D eigenvalue weighted by molar-refractivity contribution is 6.18. The molecule has 0 radical (unpaired) electrons.